The molecule has 15 aromatic rings. The lowest BCUT2D eigenvalue weighted by atomic mass is 9.96. The van der Waals surface area contributed by atoms with Crippen molar-refractivity contribution in [3.8, 4) is 56.7 Å². The van der Waals surface area contributed by atoms with Crippen LogP contribution in [0.15, 0.2) is 218 Å². The van der Waals surface area contributed by atoms with Gasteiger partial charge in [0.15, 0.2) is 17.5 Å². The minimum atomic E-state index is -4.63. The first-order valence-electron chi connectivity index (χ1n) is 24.2. The lowest BCUT2D eigenvalue weighted by Gasteiger charge is -2.21. The molecule has 5 aromatic heterocycles. The van der Waals surface area contributed by atoms with Gasteiger partial charge in [0.25, 0.3) is 0 Å². The Balaban J connectivity index is 1.07. The Hall–Kier alpha value is -8.96. The van der Waals surface area contributed by atoms with Crippen LogP contribution >= 0.6 is 22.7 Å². The lowest BCUT2D eigenvalue weighted by molar-refractivity contribution is -0.137. The van der Waals surface area contributed by atoms with Gasteiger partial charge in [0.2, 0.25) is 0 Å². The average molecular weight is 996 g/mol. The zero-order chi connectivity index (χ0) is 49.2. The van der Waals surface area contributed by atoms with E-state index in [0.29, 0.717) is 39.9 Å². The Labute approximate surface area is 428 Å². The standard InChI is InChI=1S/C64H36F3N5S2/c65-64(66,67)40-28-29-41(54(36-40)72-50-24-12-8-22-47(50)58-53(72)34-31-45-43-20-10-14-26-56(43)74-60(45)58)48-35-39(63-69-61(37-15-3-1-4-16-37)68-62(70-63)38-17-5-2-6-18-38)27-32-51(48)71-49-23-11-7-21-46(49)57-52(71)33-30-44-42-19-9-13-25-55(42)73-59(44)57/h1-36H. The predicted molar refractivity (Wildman–Crippen MR) is 301 cm³/mol. The van der Waals surface area contributed by atoms with Gasteiger partial charge in [-0.3, -0.25) is 0 Å². The van der Waals surface area contributed by atoms with Gasteiger partial charge in [-0.05, 0) is 66.7 Å². The van der Waals surface area contributed by atoms with Gasteiger partial charge in [-0.2, -0.15) is 13.2 Å². The molecule has 5 nitrogen and oxygen atoms in total. The number of hydrogen-bond donors (Lipinski definition) is 0. The molecule has 0 aliphatic heterocycles. The van der Waals surface area contributed by atoms with Gasteiger partial charge in [-0.25, -0.2) is 15.0 Å². The molecule has 0 amide bonds. The summed E-state index contributed by atoms with van der Waals surface area (Å²) in [5.41, 5.74) is 7.61. The maximum absolute atomic E-state index is 15.4. The maximum atomic E-state index is 15.4. The van der Waals surface area contributed by atoms with Gasteiger partial charge in [0, 0.05) is 89.7 Å². The molecule has 74 heavy (non-hydrogen) atoms. The van der Waals surface area contributed by atoms with Crippen LogP contribution in [-0.2, 0) is 6.18 Å². The van der Waals surface area contributed by atoms with Gasteiger partial charge in [-0.15, -0.1) is 22.7 Å². The largest absolute Gasteiger partial charge is 0.416 e. The average Bonchev–Trinajstić information content (AvgIpc) is 4.21. The van der Waals surface area contributed by atoms with Crippen molar-refractivity contribution < 1.29 is 13.2 Å². The summed E-state index contributed by atoms with van der Waals surface area (Å²) in [6.45, 7) is 0. The van der Waals surface area contributed by atoms with E-state index in [2.05, 4.69) is 102 Å². The van der Waals surface area contributed by atoms with E-state index < -0.39 is 11.7 Å². The first kappa shape index (κ1) is 42.7. The fourth-order valence-electron chi connectivity index (χ4n) is 11.1. The van der Waals surface area contributed by atoms with E-state index in [4.69, 9.17) is 15.0 Å². The van der Waals surface area contributed by atoms with E-state index in [-0.39, 0.29) is 0 Å². The van der Waals surface area contributed by atoms with E-state index in [1.165, 1.54) is 32.3 Å². The van der Waals surface area contributed by atoms with E-state index in [9.17, 15) is 0 Å². The molecule has 0 atom stereocenters. The number of halogens is 3. The quantitative estimate of drug-likeness (QED) is 0.167. The van der Waals surface area contributed by atoms with Crippen LogP contribution in [0.25, 0.3) is 141 Å². The molecule has 0 bridgehead atoms. The minimum absolute atomic E-state index is 0.392. The highest BCUT2D eigenvalue weighted by Gasteiger charge is 2.33. The number of thiophene rings is 2. The van der Waals surface area contributed by atoms with Crippen molar-refractivity contribution in [3.63, 3.8) is 0 Å². The van der Waals surface area contributed by atoms with Crippen molar-refractivity contribution >= 4 is 107 Å². The second kappa shape index (κ2) is 16.3. The van der Waals surface area contributed by atoms with Crippen LogP contribution in [0.4, 0.5) is 13.2 Å². The molecule has 0 radical (unpaired) electrons. The van der Waals surface area contributed by atoms with Gasteiger partial charge in [0.1, 0.15) is 0 Å². The summed E-state index contributed by atoms with van der Waals surface area (Å²) in [7, 11) is 0. The van der Waals surface area contributed by atoms with Gasteiger partial charge < -0.3 is 9.13 Å². The molecule has 0 saturated carbocycles. The number of rotatable bonds is 6. The van der Waals surface area contributed by atoms with Crippen molar-refractivity contribution in [2.75, 3.05) is 0 Å². The van der Waals surface area contributed by atoms with E-state index >= 15 is 13.2 Å². The SMILES string of the molecule is FC(F)(F)c1ccc(-c2cc(-c3nc(-c4ccccc4)nc(-c4ccccc4)n3)ccc2-n2c3ccccc3c3c4sc5ccccc5c4ccc32)c(-n2c3ccccc3c3c4sc5ccccc5c4ccc32)c1. The number of aromatic nitrogens is 5. The molecule has 5 heterocycles. The highest BCUT2D eigenvalue weighted by Crippen LogP contribution is 2.49. The third-order valence-corrected chi connectivity index (χ3v) is 16.8. The van der Waals surface area contributed by atoms with Crippen molar-refractivity contribution in [1.82, 2.24) is 24.1 Å². The molecule has 0 aliphatic carbocycles. The van der Waals surface area contributed by atoms with Crippen LogP contribution in [0.5, 0.6) is 0 Å². The molecule has 0 saturated heterocycles. The number of para-hydroxylation sites is 2. The molecule has 15 rings (SSSR count). The number of nitrogens with zero attached hydrogens (tertiary/aromatic N) is 5. The number of hydrogen-bond acceptors (Lipinski definition) is 5. The Morgan fingerprint density at radius 2 is 0.797 bits per heavy atom. The van der Waals surface area contributed by atoms with E-state index in [1.54, 1.807) is 28.7 Å². The predicted octanol–water partition coefficient (Wildman–Crippen LogP) is 18.5. The molecular weight excluding hydrogens is 960 g/mol. The maximum Gasteiger partial charge on any atom is 0.416 e. The molecule has 10 aromatic carbocycles. The van der Waals surface area contributed by atoms with Crippen LogP contribution in [-0.4, -0.2) is 24.1 Å². The Kier molecular flexibility index (Phi) is 9.39. The third kappa shape index (κ3) is 6.51. The first-order chi connectivity index (χ1) is 36.3. The number of alkyl halides is 3. The smallest absolute Gasteiger partial charge is 0.309 e. The van der Waals surface area contributed by atoms with Crippen LogP contribution in [0.2, 0.25) is 0 Å². The summed E-state index contributed by atoms with van der Waals surface area (Å²) in [5.74, 6) is 1.43. The molecular formula is C64H36F3N5S2. The minimum Gasteiger partial charge on any atom is -0.309 e. The number of fused-ring (bicyclic) bond motifs is 14. The molecule has 0 unspecified atom stereocenters. The highest BCUT2D eigenvalue weighted by atomic mass is 32.1. The van der Waals surface area contributed by atoms with Crippen LogP contribution < -0.4 is 0 Å². The third-order valence-electron chi connectivity index (χ3n) is 14.4. The van der Waals surface area contributed by atoms with E-state index in [1.807, 2.05) is 108 Å². The van der Waals surface area contributed by atoms with Crippen LogP contribution in [0, 0.1) is 0 Å². The van der Waals surface area contributed by atoms with Crippen molar-refractivity contribution in [2.45, 2.75) is 6.18 Å². The number of benzene rings is 10. The molecule has 350 valence electrons. The normalized spacial score (nSPS) is 12.3. The second-order valence-electron chi connectivity index (χ2n) is 18.6. The van der Waals surface area contributed by atoms with Gasteiger partial charge >= 0.3 is 6.18 Å². The molecule has 0 aliphatic rings. The molecule has 10 heteroatoms. The monoisotopic (exact) mass is 995 g/mol. The summed E-state index contributed by atoms with van der Waals surface area (Å²) < 4.78 is 55.0. The van der Waals surface area contributed by atoms with Crippen LogP contribution in [0.3, 0.4) is 0 Å². The van der Waals surface area contributed by atoms with Crippen molar-refractivity contribution in [3.05, 3.63) is 224 Å². The molecule has 0 spiro atoms. The van der Waals surface area contributed by atoms with Crippen molar-refractivity contribution in [1.29, 1.82) is 0 Å². The molecule has 0 fully saturated rings. The van der Waals surface area contributed by atoms with Crippen LogP contribution in [0.1, 0.15) is 5.56 Å². The summed E-state index contributed by atoms with van der Waals surface area (Å²) >= 11 is 3.49. The first-order valence-corrected chi connectivity index (χ1v) is 25.9. The second-order valence-corrected chi connectivity index (χ2v) is 20.7. The Morgan fingerprint density at radius 3 is 1.32 bits per heavy atom. The van der Waals surface area contributed by atoms with E-state index in [0.717, 1.165) is 80.6 Å². The summed E-state index contributed by atoms with van der Waals surface area (Å²) in [6.07, 6.45) is -4.63. The highest BCUT2D eigenvalue weighted by molar-refractivity contribution is 7.27. The van der Waals surface area contributed by atoms with Crippen molar-refractivity contribution in [2.24, 2.45) is 0 Å². The summed E-state index contributed by atoms with van der Waals surface area (Å²) in [4.78, 5) is 15.3. The zero-order valence-corrected chi connectivity index (χ0v) is 40.6. The fourth-order valence-corrected chi connectivity index (χ4v) is 13.7. The molecule has 0 N–H and O–H groups in total. The topological polar surface area (TPSA) is 48.5 Å². The fraction of sp³-hybridized carbons (Fsp3) is 0.0156. The Bertz CT molecular complexity index is 4720. The zero-order valence-electron chi connectivity index (χ0n) is 39.0. The van der Waals surface area contributed by atoms with Gasteiger partial charge in [0.05, 0.1) is 39.0 Å². The van der Waals surface area contributed by atoms with Gasteiger partial charge in [-0.1, -0.05) is 152 Å². The Morgan fingerprint density at radius 1 is 0.338 bits per heavy atom. The lowest BCUT2D eigenvalue weighted by Crippen LogP contribution is -2.08. The summed E-state index contributed by atoms with van der Waals surface area (Å²) in [6, 6.07) is 71.9. The summed E-state index contributed by atoms with van der Waals surface area (Å²) in [5, 5.41) is 8.80.